The van der Waals surface area contributed by atoms with Gasteiger partial charge in [0.05, 0.1) is 13.7 Å². The molecule has 0 aliphatic carbocycles. The number of methoxy groups -OCH3 is 1. The molecule has 1 aromatic carbocycles. The Balaban J connectivity index is 2.58. The number of nitrogens with zero attached hydrogens (tertiary/aromatic N) is 3. The van der Waals surface area contributed by atoms with Crippen LogP contribution in [0.15, 0.2) is 29.1 Å². The summed E-state index contributed by atoms with van der Waals surface area (Å²) in [6, 6.07) is 6.11. The SMILES string of the molecule is COC(=O)Cn1nc(-c2ccc(Cl)cc2)n(C[C@H](O[Si](C)(C)C(C)(C)C)C(F)(F)F)c1=O. The number of carbonyl (C=O) groups excluding carboxylic acids is 1. The minimum Gasteiger partial charge on any atom is -0.468 e. The number of halogens is 4. The molecule has 0 radical (unpaired) electrons. The second-order valence-corrected chi connectivity index (χ2v) is 14.1. The topological polar surface area (TPSA) is 75.3 Å². The molecule has 1 atom stereocenters. The summed E-state index contributed by atoms with van der Waals surface area (Å²) in [6.07, 6.45) is -6.96. The Morgan fingerprint density at radius 3 is 2.22 bits per heavy atom. The van der Waals surface area contributed by atoms with Gasteiger partial charge in [-0.1, -0.05) is 32.4 Å². The molecule has 2 aromatic rings. The van der Waals surface area contributed by atoms with Crippen LogP contribution in [0.4, 0.5) is 13.2 Å². The Labute approximate surface area is 190 Å². The zero-order valence-electron chi connectivity index (χ0n) is 18.8. The van der Waals surface area contributed by atoms with Gasteiger partial charge >= 0.3 is 17.8 Å². The third-order valence-electron chi connectivity index (χ3n) is 5.49. The fraction of sp³-hybridized carbons (Fsp3) is 0.550. The third kappa shape index (κ3) is 6.02. The molecular weight excluding hydrogens is 467 g/mol. The Morgan fingerprint density at radius 2 is 1.75 bits per heavy atom. The maximum Gasteiger partial charge on any atom is 0.415 e. The molecular formula is C20H27ClF3N3O4Si. The standard InChI is InChI=1S/C20H27ClF3N3O4Si/c1-19(2,3)32(5,6)31-15(20(22,23)24)11-26-17(13-7-9-14(21)10-8-13)25-27(18(26)29)12-16(28)30-4/h7-10,15H,11-12H2,1-6H3/t15-/m0/s1. The van der Waals surface area contributed by atoms with Gasteiger partial charge in [0.25, 0.3) is 0 Å². The number of hydrogen-bond acceptors (Lipinski definition) is 5. The van der Waals surface area contributed by atoms with Crippen LogP contribution in [-0.4, -0.2) is 48.0 Å². The fourth-order valence-corrected chi connectivity index (χ4v) is 4.01. The zero-order valence-corrected chi connectivity index (χ0v) is 20.5. The molecule has 1 aromatic heterocycles. The molecule has 0 aliphatic heterocycles. The molecule has 178 valence electrons. The fourth-order valence-electron chi connectivity index (χ4n) is 2.61. The van der Waals surface area contributed by atoms with E-state index < -0.39 is 50.4 Å². The Hall–Kier alpha value is -2.11. The lowest BCUT2D eigenvalue weighted by molar-refractivity contribution is -0.202. The van der Waals surface area contributed by atoms with E-state index in [1.165, 1.54) is 24.3 Å². The maximum atomic E-state index is 14.0. The van der Waals surface area contributed by atoms with E-state index in [2.05, 4.69) is 9.84 Å². The summed E-state index contributed by atoms with van der Waals surface area (Å²) >= 11 is 5.90. The van der Waals surface area contributed by atoms with Gasteiger partial charge in [-0.2, -0.15) is 13.2 Å². The molecule has 7 nitrogen and oxygen atoms in total. The molecule has 2 rings (SSSR count). The molecule has 0 N–H and O–H groups in total. The van der Waals surface area contributed by atoms with Gasteiger partial charge in [-0.05, 0) is 42.4 Å². The molecule has 0 unspecified atom stereocenters. The zero-order chi connectivity index (χ0) is 24.5. The van der Waals surface area contributed by atoms with Crippen LogP contribution in [0.2, 0.25) is 23.2 Å². The predicted molar refractivity (Wildman–Crippen MR) is 117 cm³/mol. The highest BCUT2D eigenvalue weighted by atomic mass is 35.5. The van der Waals surface area contributed by atoms with Gasteiger partial charge in [-0.15, -0.1) is 5.10 Å². The van der Waals surface area contributed by atoms with Crippen molar-refractivity contribution in [1.82, 2.24) is 14.3 Å². The van der Waals surface area contributed by atoms with Crippen molar-refractivity contribution < 1.29 is 27.1 Å². The Bertz CT molecular complexity index is 1010. The lowest BCUT2D eigenvalue weighted by Gasteiger charge is -2.39. The van der Waals surface area contributed by atoms with E-state index in [0.717, 1.165) is 16.4 Å². The molecule has 32 heavy (non-hydrogen) atoms. The van der Waals surface area contributed by atoms with E-state index in [4.69, 9.17) is 16.0 Å². The van der Waals surface area contributed by atoms with E-state index in [9.17, 15) is 22.8 Å². The predicted octanol–water partition coefficient (Wildman–Crippen LogP) is 4.49. The van der Waals surface area contributed by atoms with Crippen LogP contribution in [0.5, 0.6) is 0 Å². The normalized spacial score (nSPS) is 13.8. The smallest absolute Gasteiger partial charge is 0.415 e. The first-order chi connectivity index (χ1) is 14.6. The van der Waals surface area contributed by atoms with Crippen molar-refractivity contribution in [3.8, 4) is 11.4 Å². The van der Waals surface area contributed by atoms with Crippen LogP contribution in [0, 0.1) is 0 Å². The number of ether oxygens (including phenoxy) is 1. The summed E-state index contributed by atoms with van der Waals surface area (Å²) in [4.78, 5) is 24.6. The van der Waals surface area contributed by atoms with Crippen molar-refractivity contribution in [3.63, 3.8) is 0 Å². The second-order valence-electron chi connectivity index (χ2n) is 8.87. The number of aromatic nitrogens is 3. The Morgan fingerprint density at radius 1 is 1.19 bits per heavy atom. The molecule has 0 bridgehead atoms. The molecule has 12 heteroatoms. The number of benzene rings is 1. The van der Waals surface area contributed by atoms with Gasteiger partial charge in [0.2, 0.25) is 0 Å². The van der Waals surface area contributed by atoms with E-state index in [1.54, 1.807) is 13.1 Å². The van der Waals surface area contributed by atoms with Crippen molar-refractivity contribution in [2.45, 2.75) is 64.3 Å². The molecule has 0 amide bonds. The number of rotatable bonds is 7. The average Bonchev–Trinajstić information content (AvgIpc) is 2.95. The van der Waals surface area contributed by atoms with Crippen LogP contribution in [-0.2, 0) is 27.0 Å². The van der Waals surface area contributed by atoms with E-state index in [1.807, 2.05) is 20.8 Å². The van der Waals surface area contributed by atoms with E-state index in [0.29, 0.717) is 10.6 Å². The summed E-state index contributed by atoms with van der Waals surface area (Å²) in [5.41, 5.74) is -0.517. The first-order valence-corrected chi connectivity index (χ1v) is 13.1. The molecule has 0 spiro atoms. The first kappa shape index (κ1) is 26.1. The van der Waals surface area contributed by atoms with Crippen LogP contribution in [0.1, 0.15) is 20.8 Å². The number of esters is 1. The number of hydrogen-bond donors (Lipinski definition) is 0. The van der Waals surface area contributed by atoms with Crippen molar-refractivity contribution in [2.24, 2.45) is 0 Å². The highest BCUT2D eigenvalue weighted by Crippen LogP contribution is 2.40. The summed E-state index contributed by atoms with van der Waals surface area (Å²) in [5, 5.41) is 4.02. The quantitative estimate of drug-likeness (QED) is 0.419. The Kier molecular flexibility index (Phi) is 7.68. The number of alkyl halides is 3. The van der Waals surface area contributed by atoms with Gasteiger partial charge in [0.15, 0.2) is 20.2 Å². The van der Waals surface area contributed by atoms with Crippen LogP contribution in [0.3, 0.4) is 0 Å². The maximum absolute atomic E-state index is 14.0. The van der Waals surface area contributed by atoms with E-state index in [-0.39, 0.29) is 5.82 Å². The summed E-state index contributed by atoms with van der Waals surface area (Å²) in [6.45, 7) is 7.53. The van der Waals surface area contributed by atoms with Crippen molar-refractivity contribution in [3.05, 3.63) is 39.8 Å². The molecule has 0 saturated carbocycles. The molecule has 0 saturated heterocycles. The van der Waals surface area contributed by atoms with Crippen LogP contribution < -0.4 is 5.69 Å². The lowest BCUT2D eigenvalue weighted by atomic mass is 10.2. The van der Waals surface area contributed by atoms with Gasteiger partial charge in [-0.25, -0.2) is 9.48 Å². The molecule has 0 fully saturated rings. The van der Waals surface area contributed by atoms with Crippen LogP contribution in [0.25, 0.3) is 11.4 Å². The third-order valence-corrected chi connectivity index (χ3v) is 10.2. The van der Waals surface area contributed by atoms with Gasteiger partial charge in [0.1, 0.15) is 6.54 Å². The van der Waals surface area contributed by atoms with Crippen LogP contribution >= 0.6 is 11.6 Å². The largest absolute Gasteiger partial charge is 0.468 e. The van der Waals surface area contributed by atoms with Gasteiger partial charge in [0, 0.05) is 10.6 Å². The van der Waals surface area contributed by atoms with Crippen molar-refractivity contribution in [1.29, 1.82) is 0 Å². The minimum absolute atomic E-state index is 0.0383. The second kappa shape index (κ2) is 9.40. The summed E-state index contributed by atoms with van der Waals surface area (Å²) in [7, 11) is -1.70. The summed E-state index contributed by atoms with van der Waals surface area (Å²) < 4.78 is 53.8. The summed E-state index contributed by atoms with van der Waals surface area (Å²) in [5.74, 6) is -0.798. The molecule has 0 aliphatic rings. The van der Waals surface area contributed by atoms with E-state index >= 15 is 0 Å². The van der Waals surface area contributed by atoms with Gasteiger partial charge < -0.3 is 9.16 Å². The minimum atomic E-state index is -4.73. The highest BCUT2D eigenvalue weighted by molar-refractivity contribution is 6.74. The van der Waals surface area contributed by atoms with Crippen molar-refractivity contribution >= 4 is 25.9 Å². The monoisotopic (exact) mass is 493 g/mol. The molecule has 1 heterocycles. The highest BCUT2D eigenvalue weighted by Gasteiger charge is 2.48. The lowest BCUT2D eigenvalue weighted by Crippen LogP contribution is -2.50. The number of carbonyl (C=O) groups is 1. The first-order valence-electron chi connectivity index (χ1n) is 9.82. The van der Waals surface area contributed by atoms with Crippen molar-refractivity contribution in [2.75, 3.05) is 7.11 Å². The van der Waals surface area contributed by atoms with Gasteiger partial charge in [-0.3, -0.25) is 9.36 Å². The average molecular weight is 494 g/mol.